The highest BCUT2D eigenvalue weighted by Gasteiger charge is 2.47. The molecule has 5 aromatic rings. The van der Waals surface area contributed by atoms with Gasteiger partial charge in [0.1, 0.15) is 22.8 Å². The SMILES string of the molecule is COc1ccc(C2(c3ccc(OC)cc3)C=Cc3c4c(c5ccc(C)cc5c3O2)-c2ccc(C)cc2C4(C)OCCOCCOCCOCCO)cc1. The maximum absolute atomic E-state index is 8.85. The van der Waals surface area contributed by atoms with Gasteiger partial charge in [-0.05, 0) is 79.3 Å². The van der Waals surface area contributed by atoms with Crippen LogP contribution in [0.1, 0.15) is 45.9 Å². The normalized spacial score (nSPS) is 16.6. The number of ether oxygens (including phenoxy) is 7. The molecule has 0 saturated heterocycles. The average Bonchev–Trinajstić information content (AvgIpc) is 3.44. The molecular weight excluding hydrogens is 668 g/mol. The Kier molecular flexibility index (Phi) is 10.9. The molecule has 0 spiro atoms. The fraction of sp³-hybridized carbons (Fsp3) is 0.333. The third-order valence-corrected chi connectivity index (χ3v) is 10.3. The van der Waals surface area contributed by atoms with E-state index in [4.69, 9.17) is 38.3 Å². The Morgan fingerprint density at radius 3 is 1.81 bits per heavy atom. The third-order valence-electron chi connectivity index (χ3n) is 10.3. The minimum Gasteiger partial charge on any atom is -0.497 e. The summed E-state index contributed by atoms with van der Waals surface area (Å²) in [6.45, 7) is 9.34. The van der Waals surface area contributed by atoms with E-state index in [0.29, 0.717) is 46.2 Å². The van der Waals surface area contributed by atoms with E-state index in [-0.39, 0.29) is 6.61 Å². The van der Waals surface area contributed by atoms with Crippen LogP contribution in [0, 0.1) is 13.8 Å². The van der Waals surface area contributed by atoms with Crippen molar-refractivity contribution >= 4 is 16.8 Å². The van der Waals surface area contributed by atoms with Crippen LogP contribution in [0.2, 0.25) is 0 Å². The van der Waals surface area contributed by atoms with Gasteiger partial charge in [-0.3, -0.25) is 0 Å². The molecule has 7 rings (SSSR count). The summed E-state index contributed by atoms with van der Waals surface area (Å²) in [4.78, 5) is 0. The topological polar surface area (TPSA) is 84.8 Å². The van der Waals surface area contributed by atoms with Crippen molar-refractivity contribution in [1.29, 1.82) is 0 Å². The van der Waals surface area contributed by atoms with Gasteiger partial charge in [0.15, 0.2) is 5.60 Å². The Labute approximate surface area is 311 Å². The first-order chi connectivity index (χ1) is 25.8. The molecule has 1 aliphatic heterocycles. The standard InChI is InChI=1S/C45H48O8/c1-30-6-16-36-39(28-30)43-38(18-19-45(53-43,32-8-12-34(47-4)13-9-32)33-10-14-35(48-5)15-11-33)42-41(36)37-17-7-31(2)29-40(37)44(42,3)52-27-26-51-25-24-50-23-22-49-21-20-46/h6-19,28-29,46H,20-27H2,1-5H3. The van der Waals surface area contributed by atoms with Crippen molar-refractivity contribution in [3.63, 3.8) is 0 Å². The molecule has 1 unspecified atom stereocenters. The number of aliphatic hydroxyl groups excluding tert-OH is 1. The zero-order valence-electron chi connectivity index (χ0n) is 31.2. The summed E-state index contributed by atoms with van der Waals surface area (Å²) >= 11 is 0. The maximum Gasteiger partial charge on any atom is 0.178 e. The number of benzene rings is 5. The smallest absolute Gasteiger partial charge is 0.178 e. The molecule has 0 amide bonds. The van der Waals surface area contributed by atoms with Crippen molar-refractivity contribution in [3.05, 3.63) is 130 Å². The summed E-state index contributed by atoms with van der Waals surface area (Å²) < 4.78 is 42.3. The molecule has 53 heavy (non-hydrogen) atoms. The molecule has 2 aliphatic rings. The second-order valence-electron chi connectivity index (χ2n) is 13.7. The molecule has 0 saturated carbocycles. The summed E-state index contributed by atoms with van der Waals surface area (Å²) in [5.74, 6) is 2.37. The van der Waals surface area contributed by atoms with Gasteiger partial charge in [0.25, 0.3) is 0 Å². The Bertz CT molecular complexity index is 2040. The number of aryl methyl sites for hydroxylation is 2. The maximum atomic E-state index is 8.85. The molecule has 1 aliphatic carbocycles. The highest BCUT2D eigenvalue weighted by Crippen LogP contribution is 2.58. The predicted molar refractivity (Wildman–Crippen MR) is 207 cm³/mol. The van der Waals surface area contributed by atoms with Crippen LogP contribution in [0.3, 0.4) is 0 Å². The minimum atomic E-state index is -0.934. The van der Waals surface area contributed by atoms with Gasteiger partial charge in [0, 0.05) is 27.6 Å². The van der Waals surface area contributed by atoms with Crippen LogP contribution < -0.4 is 14.2 Å². The van der Waals surface area contributed by atoms with E-state index in [1.165, 1.54) is 11.1 Å². The van der Waals surface area contributed by atoms with E-state index < -0.39 is 11.2 Å². The van der Waals surface area contributed by atoms with Crippen LogP contribution >= 0.6 is 0 Å². The van der Waals surface area contributed by atoms with Gasteiger partial charge in [-0.1, -0.05) is 71.8 Å². The Morgan fingerprint density at radius 1 is 0.642 bits per heavy atom. The van der Waals surface area contributed by atoms with Crippen molar-refractivity contribution in [2.75, 3.05) is 67.1 Å². The second kappa shape index (κ2) is 15.7. The average molecular weight is 717 g/mol. The van der Waals surface area contributed by atoms with Gasteiger partial charge in [-0.2, -0.15) is 0 Å². The molecule has 0 aromatic heterocycles. The summed E-state index contributed by atoms with van der Waals surface area (Å²) in [5.41, 5.74) is 8.11. The van der Waals surface area contributed by atoms with E-state index in [2.05, 4.69) is 93.6 Å². The van der Waals surface area contributed by atoms with Crippen LogP contribution in [-0.2, 0) is 30.1 Å². The number of methoxy groups -OCH3 is 2. The lowest BCUT2D eigenvalue weighted by molar-refractivity contribution is -0.0450. The van der Waals surface area contributed by atoms with Crippen LogP contribution in [0.25, 0.3) is 28.0 Å². The lowest BCUT2D eigenvalue weighted by Gasteiger charge is -2.39. The molecule has 1 atom stereocenters. The first-order valence-corrected chi connectivity index (χ1v) is 18.2. The van der Waals surface area contributed by atoms with Crippen LogP contribution in [0.5, 0.6) is 17.2 Å². The largest absolute Gasteiger partial charge is 0.497 e. The number of aliphatic hydroxyl groups is 1. The lowest BCUT2D eigenvalue weighted by Crippen LogP contribution is -2.35. The fourth-order valence-electron chi connectivity index (χ4n) is 7.65. The zero-order chi connectivity index (χ0) is 37.0. The summed E-state index contributed by atoms with van der Waals surface area (Å²) in [7, 11) is 3.35. The van der Waals surface area contributed by atoms with E-state index in [1.807, 2.05) is 24.3 Å². The summed E-state index contributed by atoms with van der Waals surface area (Å²) in [6, 6.07) is 29.5. The van der Waals surface area contributed by atoms with Crippen molar-refractivity contribution in [2.24, 2.45) is 0 Å². The number of fused-ring (bicyclic) bond motifs is 8. The van der Waals surface area contributed by atoms with Gasteiger partial charge in [-0.25, -0.2) is 0 Å². The van der Waals surface area contributed by atoms with Gasteiger partial charge in [-0.15, -0.1) is 0 Å². The summed E-state index contributed by atoms with van der Waals surface area (Å²) in [5, 5.41) is 11.0. The Balaban J connectivity index is 1.30. The van der Waals surface area contributed by atoms with Crippen LogP contribution in [-0.4, -0.2) is 72.2 Å². The van der Waals surface area contributed by atoms with E-state index in [0.717, 1.165) is 67.0 Å². The van der Waals surface area contributed by atoms with Gasteiger partial charge in [0.05, 0.1) is 67.1 Å². The van der Waals surface area contributed by atoms with Crippen molar-refractivity contribution in [3.8, 4) is 28.4 Å². The number of hydrogen-bond donors (Lipinski definition) is 1. The molecule has 8 heteroatoms. The highest BCUT2D eigenvalue weighted by atomic mass is 16.6. The lowest BCUT2D eigenvalue weighted by atomic mass is 9.80. The van der Waals surface area contributed by atoms with Crippen LogP contribution in [0.4, 0.5) is 0 Å². The predicted octanol–water partition coefficient (Wildman–Crippen LogP) is 8.13. The monoisotopic (exact) mass is 716 g/mol. The molecule has 0 fully saturated rings. The van der Waals surface area contributed by atoms with Gasteiger partial charge < -0.3 is 38.3 Å². The first-order valence-electron chi connectivity index (χ1n) is 18.2. The molecule has 0 bridgehead atoms. The van der Waals surface area contributed by atoms with Gasteiger partial charge in [0.2, 0.25) is 0 Å². The third kappa shape index (κ3) is 6.94. The fourth-order valence-corrected chi connectivity index (χ4v) is 7.65. The van der Waals surface area contributed by atoms with Gasteiger partial charge >= 0.3 is 0 Å². The van der Waals surface area contributed by atoms with Crippen molar-refractivity contribution in [1.82, 2.24) is 0 Å². The summed E-state index contributed by atoms with van der Waals surface area (Å²) in [6.07, 6.45) is 4.40. The molecule has 5 aromatic carbocycles. The quantitative estimate of drug-likeness (QED) is 0.103. The van der Waals surface area contributed by atoms with E-state index >= 15 is 0 Å². The van der Waals surface area contributed by atoms with E-state index in [9.17, 15) is 0 Å². The number of rotatable bonds is 16. The molecule has 1 N–H and O–H groups in total. The molecule has 276 valence electrons. The second-order valence-corrected chi connectivity index (χ2v) is 13.7. The molecule has 8 nitrogen and oxygen atoms in total. The van der Waals surface area contributed by atoms with Crippen molar-refractivity contribution in [2.45, 2.75) is 32.0 Å². The molecule has 0 radical (unpaired) electrons. The molecule has 1 heterocycles. The molecular formula is C45H48O8. The minimum absolute atomic E-state index is 0.00668. The highest BCUT2D eigenvalue weighted by molar-refractivity contribution is 6.08. The Morgan fingerprint density at radius 2 is 1.21 bits per heavy atom. The number of hydrogen-bond acceptors (Lipinski definition) is 8. The van der Waals surface area contributed by atoms with Crippen LogP contribution in [0.15, 0.2) is 91.0 Å². The zero-order valence-corrected chi connectivity index (χ0v) is 31.2. The Hall–Kier alpha value is -4.70. The van der Waals surface area contributed by atoms with Crippen molar-refractivity contribution < 1.29 is 38.3 Å². The first kappa shape index (κ1) is 36.6. The van der Waals surface area contributed by atoms with E-state index in [1.54, 1.807) is 14.2 Å².